The number of amides is 1. The van der Waals surface area contributed by atoms with Crippen molar-refractivity contribution >= 4 is 28.3 Å². The van der Waals surface area contributed by atoms with Gasteiger partial charge in [0, 0.05) is 11.9 Å². The topological polar surface area (TPSA) is 67.4 Å². The first-order valence-electron chi connectivity index (χ1n) is 10.1. The molecular formula is C22H24N4O2S. The number of carbonyl (C=O) groups is 1. The van der Waals surface area contributed by atoms with Gasteiger partial charge >= 0.3 is 0 Å². The molecule has 150 valence electrons. The van der Waals surface area contributed by atoms with Crippen LogP contribution in [0.2, 0.25) is 0 Å². The summed E-state index contributed by atoms with van der Waals surface area (Å²) in [7, 11) is 1.83. The normalized spacial score (nSPS) is 18.0. The van der Waals surface area contributed by atoms with Gasteiger partial charge in [-0.25, -0.2) is 4.98 Å². The van der Waals surface area contributed by atoms with Crippen molar-refractivity contribution in [2.24, 2.45) is 0 Å². The number of rotatable bonds is 3. The molecule has 0 atom stereocenters. The minimum absolute atomic E-state index is 0.0310. The molecular weight excluding hydrogens is 384 g/mol. The Morgan fingerprint density at radius 1 is 1.28 bits per heavy atom. The molecule has 0 saturated carbocycles. The summed E-state index contributed by atoms with van der Waals surface area (Å²) >= 11 is 1.61. The minimum atomic E-state index is -0.204. The average molecular weight is 409 g/mol. The molecule has 0 unspecified atom stereocenters. The molecule has 29 heavy (non-hydrogen) atoms. The fraction of sp³-hybridized carbons (Fsp3) is 0.409. The Balaban J connectivity index is 1.37. The van der Waals surface area contributed by atoms with Crippen LogP contribution >= 0.6 is 11.3 Å². The van der Waals surface area contributed by atoms with Gasteiger partial charge in [-0.2, -0.15) is 0 Å². The third-order valence-corrected chi connectivity index (χ3v) is 7.19. The number of piperidine rings is 1. The Morgan fingerprint density at radius 2 is 2.07 bits per heavy atom. The molecule has 3 aromatic rings. The average Bonchev–Trinajstić information content (AvgIpc) is 3.20. The SMILES string of the molecule is CN(Cc1cnc2ccccc2n1)C(=O)c1cc2c(s1)C1(CCNCC1)OCC2. The van der Waals surface area contributed by atoms with Gasteiger partial charge in [-0.1, -0.05) is 12.1 Å². The van der Waals surface area contributed by atoms with Crippen LogP contribution in [0.1, 0.15) is 38.6 Å². The van der Waals surface area contributed by atoms with E-state index in [1.807, 2.05) is 31.3 Å². The van der Waals surface area contributed by atoms with Gasteiger partial charge in [-0.3, -0.25) is 9.78 Å². The Bertz CT molecular complexity index is 1060. The van der Waals surface area contributed by atoms with Crippen LogP contribution in [0.3, 0.4) is 0 Å². The molecule has 2 aromatic heterocycles. The number of ether oxygens (including phenoxy) is 1. The van der Waals surface area contributed by atoms with Crippen molar-refractivity contribution in [1.29, 1.82) is 0 Å². The maximum atomic E-state index is 13.1. The van der Waals surface area contributed by atoms with Gasteiger partial charge in [-0.05, 0) is 56.1 Å². The van der Waals surface area contributed by atoms with E-state index in [1.54, 1.807) is 22.4 Å². The molecule has 1 fully saturated rings. The van der Waals surface area contributed by atoms with E-state index >= 15 is 0 Å². The van der Waals surface area contributed by atoms with Crippen molar-refractivity contribution in [3.05, 3.63) is 57.5 Å². The Morgan fingerprint density at radius 3 is 2.90 bits per heavy atom. The Kier molecular flexibility index (Phi) is 4.81. The van der Waals surface area contributed by atoms with Crippen LogP contribution in [0.15, 0.2) is 36.5 Å². The van der Waals surface area contributed by atoms with Crippen LogP contribution < -0.4 is 5.32 Å². The highest BCUT2D eigenvalue weighted by atomic mass is 32.1. The number of hydrogen-bond donors (Lipinski definition) is 1. The van der Waals surface area contributed by atoms with Crippen molar-refractivity contribution in [3.8, 4) is 0 Å². The van der Waals surface area contributed by atoms with E-state index in [4.69, 9.17) is 4.74 Å². The lowest BCUT2D eigenvalue weighted by Gasteiger charge is -2.40. The van der Waals surface area contributed by atoms with Crippen LogP contribution in [-0.2, 0) is 23.3 Å². The summed E-state index contributed by atoms with van der Waals surface area (Å²) in [5.41, 5.74) is 3.58. The van der Waals surface area contributed by atoms with Crippen LogP contribution in [-0.4, -0.2) is 47.5 Å². The number of nitrogens with one attached hydrogen (secondary N) is 1. The van der Waals surface area contributed by atoms with Crippen LogP contribution in [0.5, 0.6) is 0 Å². The number of carbonyl (C=O) groups excluding carboxylic acids is 1. The molecule has 1 amide bonds. The summed E-state index contributed by atoms with van der Waals surface area (Å²) in [4.78, 5) is 26.0. The first kappa shape index (κ1) is 18.7. The summed E-state index contributed by atoms with van der Waals surface area (Å²) in [6.07, 6.45) is 4.57. The third-order valence-electron chi connectivity index (χ3n) is 5.84. The maximum Gasteiger partial charge on any atom is 0.264 e. The second kappa shape index (κ2) is 7.48. The molecule has 0 radical (unpaired) electrons. The predicted molar refractivity (Wildman–Crippen MR) is 113 cm³/mol. The lowest BCUT2D eigenvalue weighted by Crippen LogP contribution is -2.43. The van der Waals surface area contributed by atoms with Crippen LogP contribution in [0, 0.1) is 0 Å². The number of para-hydroxylation sites is 2. The van der Waals surface area contributed by atoms with E-state index in [2.05, 4.69) is 21.4 Å². The van der Waals surface area contributed by atoms with Crippen molar-refractivity contribution in [1.82, 2.24) is 20.2 Å². The number of hydrogen-bond acceptors (Lipinski definition) is 6. The first-order chi connectivity index (χ1) is 14.1. The lowest BCUT2D eigenvalue weighted by atomic mass is 9.86. The predicted octanol–water partition coefficient (Wildman–Crippen LogP) is 3.11. The molecule has 1 spiro atoms. The molecule has 6 nitrogen and oxygen atoms in total. The highest BCUT2D eigenvalue weighted by Crippen LogP contribution is 2.44. The molecule has 1 aromatic carbocycles. The van der Waals surface area contributed by atoms with E-state index in [0.717, 1.165) is 60.6 Å². The first-order valence-corrected chi connectivity index (χ1v) is 10.9. The Labute approximate surface area is 173 Å². The molecule has 7 heteroatoms. The monoisotopic (exact) mass is 408 g/mol. The van der Waals surface area contributed by atoms with Gasteiger partial charge in [0.1, 0.15) is 5.60 Å². The largest absolute Gasteiger partial charge is 0.369 e. The quantitative estimate of drug-likeness (QED) is 0.721. The summed E-state index contributed by atoms with van der Waals surface area (Å²) < 4.78 is 6.25. The highest BCUT2D eigenvalue weighted by molar-refractivity contribution is 7.14. The van der Waals surface area contributed by atoms with E-state index in [-0.39, 0.29) is 11.5 Å². The number of aromatic nitrogens is 2. The molecule has 2 aliphatic heterocycles. The minimum Gasteiger partial charge on any atom is -0.369 e. The van der Waals surface area contributed by atoms with E-state index < -0.39 is 0 Å². The van der Waals surface area contributed by atoms with Gasteiger partial charge in [0.15, 0.2) is 0 Å². The second-order valence-electron chi connectivity index (χ2n) is 7.82. The zero-order valence-electron chi connectivity index (χ0n) is 16.5. The smallest absolute Gasteiger partial charge is 0.264 e. The molecule has 5 rings (SSSR count). The molecule has 1 saturated heterocycles. The molecule has 0 bridgehead atoms. The van der Waals surface area contributed by atoms with Crippen molar-refractivity contribution in [3.63, 3.8) is 0 Å². The standard InChI is InChI=1S/C22H24N4O2S/c1-26(14-16-13-24-17-4-2-3-5-18(17)25-16)21(27)19-12-15-6-11-28-22(20(15)29-19)7-9-23-10-8-22/h2-5,12-13,23H,6-11,14H2,1H3. The molecule has 0 aliphatic carbocycles. The van der Waals surface area contributed by atoms with E-state index in [9.17, 15) is 4.79 Å². The molecule has 1 N–H and O–H groups in total. The molecule has 4 heterocycles. The fourth-order valence-corrected chi connectivity index (χ4v) is 5.71. The number of benzene rings is 1. The van der Waals surface area contributed by atoms with Gasteiger partial charge in [-0.15, -0.1) is 11.3 Å². The summed E-state index contributed by atoms with van der Waals surface area (Å²) in [5.74, 6) is 0.0310. The van der Waals surface area contributed by atoms with Crippen LogP contribution in [0.4, 0.5) is 0 Å². The van der Waals surface area contributed by atoms with Gasteiger partial charge < -0.3 is 15.0 Å². The van der Waals surface area contributed by atoms with Gasteiger partial charge in [0.25, 0.3) is 5.91 Å². The third kappa shape index (κ3) is 3.43. The van der Waals surface area contributed by atoms with Crippen molar-refractivity contribution in [2.75, 3.05) is 26.7 Å². The summed E-state index contributed by atoms with van der Waals surface area (Å²) in [6.45, 7) is 3.09. The lowest BCUT2D eigenvalue weighted by molar-refractivity contribution is -0.0771. The number of nitrogens with zero attached hydrogens (tertiary/aromatic N) is 3. The zero-order chi connectivity index (χ0) is 19.8. The number of fused-ring (bicyclic) bond motifs is 3. The second-order valence-corrected chi connectivity index (χ2v) is 8.87. The van der Waals surface area contributed by atoms with Crippen molar-refractivity contribution in [2.45, 2.75) is 31.4 Å². The fourth-order valence-electron chi connectivity index (χ4n) is 4.30. The van der Waals surface area contributed by atoms with Gasteiger partial charge in [0.05, 0.1) is 41.0 Å². The van der Waals surface area contributed by atoms with Crippen LogP contribution in [0.25, 0.3) is 11.0 Å². The Hall–Kier alpha value is -2.35. The zero-order valence-corrected chi connectivity index (χ0v) is 17.3. The van der Waals surface area contributed by atoms with E-state index in [1.165, 1.54) is 10.4 Å². The summed E-state index contributed by atoms with van der Waals surface area (Å²) in [6, 6.07) is 9.86. The summed E-state index contributed by atoms with van der Waals surface area (Å²) in [5, 5.41) is 3.41. The molecule has 2 aliphatic rings. The van der Waals surface area contributed by atoms with E-state index in [0.29, 0.717) is 6.54 Å². The van der Waals surface area contributed by atoms with Crippen molar-refractivity contribution < 1.29 is 9.53 Å². The maximum absolute atomic E-state index is 13.1. The van der Waals surface area contributed by atoms with Gasteiger partial charge in [0.2, 0.25) is 0 Å². The number of thiophene rings is 1. The highest BCUT2D eigenvalue weighted by Gasteiger charge is 2.41.